The van der Waals surface area contributed by atoms with Gasteiger partial charge in [-0.25, -0.2) is 8.42 Å². The minimum absolute atomic E-state index is 0.0471. The van der Waals surface area contributed by atoms with Crippen LogP contribution in [0.3, 0.4) is 0 Å². The Bertz CT molecular complexity index is 598. The van der Waals surface area contributed by atoms with Crippen LogP contribution in [0.5, 0.6) is 0 Å². The summed E-state index contributed by atoms with van der Waals surface area (Å²) in [4.78, 5) is 35.3. The molecule has 136 valence electrons. The lowest BCUT2D eigenvalue weighted by molar-refractivity contribution is -0.127. The van der Waals surface area contributed by atoms with Crippen molar-refractivity contribution >= 4 is 27.0 Å². The van der Waals surface area contributed by atoms with Crippen molar-refractivity contribution in [3.05, 3.63) is 0 Å². The molecule has 0 aromatic rings. The summed E-state index contributed by atoms with van der Waals surface area (Å²) in [5.41, 5.74) is 4.86. The third kappa shape index (κ3) is 4.76. The first-order valence-electron chi connectivity index (χ1n) is 8.42. The normalized spacial score (nSPS) is 23.8. The molecular formula is C15H25N3O5S. The van der Waals surface area contributed by atoms with Crippen LogP contribution in [0.25, 0.3) is 0 Å². The Labute approximate surface area is 142 Å². The number of sulfonamides is 1. The minimum atomic E-state index is -4.29. The molecule has 3 N–H and O–H groups in total. The van der Waals surface area contributed by atoms with Gasteiger partial charge in [0.05, 0.1) is 12.6 Å². The number of hydrogen-bond acceptors (Lipinski definition) is 5. The van der Waals surface area contributed by atoms with Crippen LogP contribution in [-0.4, -0.2) is 48.8 Å². The predicted molar refractivity (Wildman–Crippen MR) is 87.4 cm³/mol. The molecular weight excluding hydrogens is 334 g/mol. The molecule has 1 saturated carbocycles. The zero-order valence-corrected chi connectivity index (χ0v) is 14.5. The summed E-state index contributed by atoms with van der Waals surface area (Å²) in [6.45, 7) is -0.385. The first-order valence-corrected chi connectivity index (χ1v) is 9.86. The molecule has 2 fully saturated rings. The van der Waals surface area contributed by atoms with Gasteiger partial charge in [0.2, 0.25) is 5.91 Å². The first kappa shape index (κ1) is 18.9. The topological polar surface area (TPSA) is 127 Å². The van der Waals surface area contributed by atoms with Crippen LogP contribution < -0.4 is 11.1 Å². The summed E-state index contributed by atoms with van der Waals surface area (Å²) in [5, 5.41) is 1.24. The smallest absolute Gasteiger partial charge is 0.349 e. The third-order valence-corrected chi connectivity index (χ3v) is 6.30. The zero-order valence-electron chi connectivity index (χ0n) is 13.7. The average Bonchev–Trinajstić information content (AvgIpc) is 2.97. The second-order valence-electron chi connectivity index (χ2n) is 6.58. The van der Waals surface area contributed by atoms with Crippen LogP contribution in [0, 0.1) is 5.92 Å². The number of nitrogens with two attached hydrogens (primary N) is 1. The summed E-state index contributed by atoms with van der Waals surface area (Å²) in [5.74, 6) is 0.00906. The van der Waals surface area contributed by atoms with Crippen molar-refractivity contribution in [3.8, 4) is 0 Å². The van der Waals surface area contributed by atoms with Crippen LogP contribution in [0.4, 0.5) is 4.79 Å². The van der Waals surface area contributed by atoms with Gasteiger partial charge in [-0.2, -0.15) is 4.31 Å². The van der Waals surface area contributed by atoms with Gasteiger partial charge in [-0.1, -0.05) is 25.7 Å². The molecule has 0 aromatic heterocycles. The molecule has 0 aromatic carbocycles. The zero-order chi connectivity index (χ0) is 17.7. The van der Waals surface area contributed by atoms with Crippen LogP contribution in [0.2, 0.25) is 0 Å². The molecule has 2 aliphatic rings. The van der Waals surface area contributed by atoms with E-state index in [4.69, 9.17) is 5.73 Å². The highest BCUT2D eigenvalue weighted by atomic mass is 32.2. The van der Waals surface area contributed by atoms with E-state index in [1.165, 1.54) is 12.8 Å². The summed E-state index contributed by atoms with van der Waals surface area (Å²) in [6.07, 6.45) is 6.72. The van der Waals surface area contributed by atoms with E-state index >= 15 is 0 Å². The number of ketones is 1. The van der Waals surface area contributed by atoms with Crippen molar-refractivity contribution in [3.63, 3.8) is 0 Å². The summed E-state index contributed by atoms with van der Waals surface area (Å²) in [7, 11) is -4.29. The number of amides is 2. The number of hydrogen-bond donors (Lipinski definition) is 2. The lowest BCUT2D eigenvalue weighted by Crippen LogP contribution is -2.46. The lowest BCUT2D eigenvalue weighted by Gasteiger charge is -2.18. The van der Waals surface area contributed by atoms with E-state index in [0.29, 0.717) is 25.2 Å². The predicted octanol–water partition coefficient (Wildman–Crippen LogP) is 0.515. The molecule has 2 amide bonds. The standard InChI is InChI=1S/C15H25N3O5S/c16-15(21)24(22,23)18-9-3-6-12(13(19)10-18)17-14(20)8-7-11-4-1-2-5-11/h11-12H,1-10H2,(H2,16,21)(H,17,20)/t12-/m0/s1. The molecule has 9 heteroatoms. The number of rotatable bonds is 5. The van der Waals surface area contributed by atoms with Gasteiger partial charge >= 0.3 is 5.24 Å². The van der Waals surface area contributed by atoms with Gasteiger partial charge in [0.15, 0.2) is 5.78 Å². The molecule has 0 unspecified atom stereocenters. The van der Waals surface area contributed by atoms with Crippen molar-refractivity contribution in [2.75, 3.05) is 13.1 Å². The lowest BCUT2D eigenvalue weighted by atomic mass is 10.0. The molecule has 1 aliphatic heterocycles. The molecule has 0 bridgehead atoms. The van der Waals surface area contributed by atoms with Gasteiger partial charge in [-0.3, -0.25) is 14.4 Å². The van der Waals surface area contributed by atoms with Crippen molar-refractivity contribution in [1.29, 1.82) is 0 Å². The highest BCUT2D eigenvalue weighted by Crippen LogP contribution is 2.28. The second kappa shape index (κ2) is 8.06. The van der Waals surface area contributed by atoms with Crippen LogP contribution in [0.15, 0.2) is 0 Å². The van der Waals surface area contributed by atoms with Gasteiger partial charge in [-0.05, 0) is 25.2 Å². The third-order valence-electron chi connectivity index (χ3n) is 4.80. The molecule has 0 radical (unpaired) electrons. The van der Waals surface area contributed by atoms with E-state index in [2.05, 4.69) is 5.32 Å². The Hall–Kier alpha value is -1.48. The van der Waals surface area contributed by atoms with E-state index in [1.54, 1.807) is 0 Å². The highest BCUT2D eigenvalue weighted by molar-refractivity contribution is 8.03. The van der Waals surface area contributed by atoms with E-state index in [0.717, 1.165) is 23.6 Å². The number of nitrogens with one attached hydrogen (secondary N) is 1. The summed E-state index contributed by atoms with van der Waals surface area (Å²) >= 11 is 0. The van der Waals surface area contributed by atoms with Gasteiger partial charge in [0, 0.05) is 13.0 Å². The molecule has 1 aliphatic carbocycles. The molecule has 24 heavy (non-hydrogen) atoms. The van der Waals surface area contributed by atoms with Gasteiger partial charge in [-0.15, -0.1) is 0 Å². The maximum absolute atomic E-state index is 12.2. The number of Topliss-reactive ketones (excluding diaryl/α,β-unsaturated/α-hetero) is 1. The van der Waals surface area contributed by atoms with Crippen molar-refractivity contribution in [2.24, 2.45) is 11.7 Å². The molecule has 1 heterocycles. The van der Waals surface area contributed by atoms with Crippen molar-refractivity contribution in [1.82, 2.24) is 9.62 Å². The summed E-state index contributed by atoms with van der Waals surface area (Å²) in [6, 6.07) is -0.700. The fourth-order valence-electron chi connectivity index (χ4n) is 3.38. The summed E-state index contributed by atoms with van der Waals surface area (Å²) < 4.78 is 24.3. The van der Waals surface area contributed by atoms with E-state index in [9.17, 15) is 22.8 Å². The Balaban J connectivity index is 1.86. The minimum Gasteiger partial charge on any atom is -0.355 e. The van der Waals surface area contributed by atoms with Gasteiger partial charge in [0.1, 0.15) is 0 Å². The molecule has 8 nitrogen and oxygen atoms in total. The molecule has 1 atom stereocenters. The fourth-order valence-corrected chi connectivity index (χ4v) is 4.30. The fraction of sp³-hybridized carbons (Fsp3) is 0.800. The van der Waals surface area contributed by atoms with Crippen molar-refractivity contribution < 1.29 is 22.8 Å². The average molecular weight is 359 g/mol. The number of nitrogens with zero attached hydrogens (tertiary/aromatic N) is 1. The number of primary amides is 1. The maximum atomic E-state index is 12.2. The molecule has 0 spiro atoms. The second-order valence-corrected chi connectivity index (χ2v) is 8.44. The van der Waals surface area contributed by atoms with Gasteiger partial charge in [0.25, 0.3) is 10.0 Å². The molecule has 1 saturated heterocycles. The number of carbonyl (C=O) groups excluding carboxylic acids is 3. The van der Waals surface area contributed by atoms with Gasteiger partial charge < -0.3 is 11.1 Å². The van der Waals surface area contributed by atoms with E-state index in [-0.39, 0.29) is 12.5 Å². The Morgan fingerprint density at radius 3 is 2.46 bits per heavy atom. The maximum Gasteiger partial charge on any atom is 0.349 e. The van der Waals surface area contributed by atoms with E-state index < -0.39 is 33.6 Å². The monoisotopic (exact) mass is 359 g/mol. The number of carbonyl (C=O) groups is 3. The van der Waals surface area contributed by atoms with E-state index in [1.807, 2.05) is 0 Å². The van der Waals surface area contributed by atoms with Crippen LogP contribution in [-0.2, 0) is 19.6 Å². The quantitative estimate of drug-likeness (QED) is 0.739. The van der Waals surface area contributed by atoms with Crippen molar-refractivity contribution in [2.45, 2.75) is 57.4 Å². The SMILES string of the molecule is NC(=O)S(=O)(=O)N1CCC[C@H](NC(=O)CCC2CCCC2)C(=O)C1. The Morgan fingerprint density at radius 2 is 1.83 bits per heavy atom. The van der Waals surface area contributed by atoms with Crippen LogP contribution >= 0.6 is 0 Å². The largest absolute Gasteiger partial charge is 0.355 e. The Kier molecular flexibility index (Phi) is 6.34. The van der Waals surface area contributed by atoms with Crippen LogP contribution in [0.1, 0.15) is 51.4 Å². The highest BCUT2D eigenvalue weighted by Gasteiger charge is 2.34. The first-order chi connectivity index (χ1) is 11.3. The Morgan fingerprint density at radius 1 is 1.17 bits per heavy atom. The molecule has 2 rings (SSSR count).